The van der Waals surface area contributed by atoms with Gasteiger partial charge in [-0.3, -0.25) is 0 Å². The van der Waals surface area contributed by atoms with Crippen molar-refractivity contribution in [2.24, 2.45) is 7.05 Å². The molecule has 0 radical (unpaired) electrons. The van der Waals surface area contributed by atoms with Crippen molar-refractivity contribution in [2.75, 3.05) is 31.6 Å². The fourth-order valence-electron chi connectivity index (χ4n) is 3.97. The summed E-state index contributed by atoms with van der Waals surface area (Å²) in [5, 5.41) is 9.31. The Hall–Kier alpha value is -2.43. The molecular formula is C23H27FN4O3S2. The molecule has 0 unspecified atom stereocenters. The zero-order valence-corrected chi connectivity index (χ0v) is 20.3. The van der Waals surface area contributed by atoms with Gasteiger partial charge in [0.1, 0.15) is 11.6 Å². The van der Waals surface area contributed by atoms with E-state index in [2.05, 4.69) is 15.1 Å². The Balaban J connectivity index is 1.27. The minimum atomic E-state index is -3.52. The van der Waals surface area contributed by atoms with Crippen molar-refractivity contribution < 1.29 is 17.0 Å². The highest BCUT2D eigenvalue weighted by atomic mass is 32.2. The minimum Gasteiger partial charge on any atom is -0.383 e. The van der Waals surface area contributed by atoms with Crippen LogP contribution in [0.25, 0.3) is 11.4 Å². The maximum atomic E-state index is 13.5. The van der Waals surface area contributed by atoms with Crippen molar-refractivity contribution in [2.45, 2.75) is 24.4 Å². The molecule has 0 spiro atoms. The van der Waals surface area contributed by atoms with Crippen LogP contribution in [0.1, 0.15) is 17.5 Å². The highest BCUT2D eigenvalue weighted by molar-refractivity contribution is 7.99. The summed E-state index contributed by atoms with van der Waals surface area (Å²) < 4.78 is 43.2. The van der Waals surface area contributed by atoms with Crippen LogP contribution in [0, 0.1) is 5.82 Å². The lowest BCUT2D eigenvalue weighted by molar-refractivity contribution is 0.289. The van der Waals surface area contributed by atoms with Crippen molar-refractivity contribution in [1.29, 1.82) is 0 Å². The summed E-state index contributed by atoms with van der Waals surface area (Å²) in [4.78, 5) is 2.44. The lowest BCUT2D eigenvalue weighted by Gasteiger charge is -2.19. The average molecular weight is 491 g/mol. The number of benzene rings is 2. The van der Waals surface area contributed by atoms with E-state index >= 15 is 0 Å². The second-order valence-electron chi connectivity index (χ2n) is 8.14. The molecule has 1 aromatic heterocycles. The minimum absolute atomic E-state index is 0.288. The standard InChI is InChI=1S/C23H27FN4O3S2/c1-27-22(19-5-3-6-20(24)15-19)25-26-23(27)32-14-4-11-28-12-9-17-7-8-21(31-33(2,29)30)16-18(17)10-13-28/h3,5-8,15-16H,4,9-14H2,1-2H3. The first kappa shape index (κ1) is 23.7. The Morgan fingerprint density at radius 2 is 1.88 bits per heavy atom. The topological polar surface area (TPSA) is 77.3 Å². The van der Waals surface area contributed by atoms with E-state index < -0.39 is 10.1 Å². The molecule has 1 aliphatic rings. The Kier molecular flexibility index (Phi) is 7.35. The van der Waals surface area contributed by atoms with Crippen molar-refractivity contribution in [3.63, 3.8) is 0 Å². The van der Waals surface area contributed by atoms with E-state index in [0.29, 0.717) is 17.1 Å². The number of aromatic nitrogens is 3. The van der Waals surface area contributed by atoms with Gasteiger partial charge < -0.3 is 13.7 Å². The summed E-state index contributed by atoms with van der Waals surface area (Å²) in [6.45, 7) is 2.87. The van der Waals surface area contributed by atoms with Crippen LogP contribution in [-0.2, 0) is 30.0 Å². The van der Waals surface area contributed by atoms with E-state index in [1.54, 1.807) is 23.9 Å². The number of thioether (sulfide) groups is 1. The molecule has 0 N–H and O–H groups in total. The molecule has 0 amide bonds. The number of hydrogen-bond donors (Lipinski definition) is 0. The fourth-order valence-corrected chi connectivity index (χ4v) is 5.26. The number of nitrogens with zero attached hydrogens (tertiary/aromatic N) is 4. The van der Waals surface area contributed by atoms with Crippen LogP contribution in [0.5, 0.6) is 5.75 Å². The predicted molar refractivity (Wildman–Crippen MR) is 127 cm³/mol. The van der Waals surface area contributed by atoms with Crippen molar-refractivity contribution in [3.8, 4) is 17.1 Å². The van der Waals surface area contributed by atoms with Gasteiger partial charge in [-0.25, -0.2) is 4.39 Å². The summed E-state index contributed by atoms with van der Waals surface area (Å²) in [6.07, 6.45) is 3.86. The summed E-state index contributed by atoms with van der Waals surface area (Å²) in [5.74, 6) is 1.65. The first-order chi connectivity index (χ1) is 15.8. The van der Waals surface area contributed by atoms with Gasteiger partial charge in [0.25, 0.3) is 0 Å². The molecule has 10 heteroatoms. The molecule has 7 nitrogen and oxygen atoms in total. The smallest absolute Gasteiger partial charge is 0.306 e. The molecule has 0 saturated heterocycles. The van der Waals surface area contributed by atoms with E-state index in [4.69, 9.17) is 4.18 Å². The third-order valence-corrected chi connectivity index (χ3v) is 7.19. The molecule has 2 heterocycles. The lowest BCUT2D eigenvalue weighted by Crippen LogP contribution is -2.27. The normalized spacial score (nSPS) is 14.6. The van der Waals surface area contributed by atoms with Crippen LogP contribution in [0.15, 0.2) is 47.6 Å². The van der Waals surface area contributed by atoms with E-state index in [0.717, 1.165) is 61.6 Å². The summed E-state index contributed by atoms with van der Waals surface area (Å²) in [5.41, 5.74) is 3.11. The van der Waals surface area contributed by atoms with Gasteiger partial charge in [-0.1, -0.05) is 30.0 Å². The molecule has 2 aromatic carbocycles. The van der Waals surface area contributed by atoms with Gasteiger partial charge in [0.15, 0.2) is 11.0 Å². The molecule has 0 saturated carbocycles. The molecular weight excluding hydrogens is 463 g/mol. The number of rotatable bonds is 8. The highest BCUT2D eigenvalue weighted by Crippen LogP contribution is 2.25. The predicted octanol–water partition coefficient (Wildman–Crippen LogP) is 3.54. The van der Waals surface area contributed by atoms with Gasteiger partial charge >= 0.3 is 10.1 Å². The molecule has 0 fully saturated rings. The van der Waals surface area contributed by atoms with Crippen LogP contribution in [0.2, 0.25) is 0 Å². The van der Waals surface area contributed by atoms with Gasteiger partial charge in [0, 0.05) is 31.5 Å². The van der Waals surface area contributed by atoms with Crippen LogP contribution in [0.3, 0.4) is 0 Å². The van der Waals surface area contributed by atoms with Crippen molar-refractivity contribution >= 4 is 21.9 Å². The van der Waals surface area contributed by atoms with Crippen LogP contribution >= 0.6 is 11.8 Å². The van der Waals surface area contributed by atoms with E-state index in [-0.39, 0.29) is 5.82 Å². The summed E-state index contributed by atoms with van der Waals surface area (Å²) >= 11 is 1.65. The fraction of sp³-hybridized carbons (Fsp3) is 0.391. The molecule has 0 bridgehead atoms. The third kappa shape index (κ3) is 6.33. The highest BCUT2D eigenvalue weighted by Gasteiger charge is 2.16. The second-order valence-corrected chi connectivity index (χ2v) is 10.8. The Labute approximate surface area is 198 Å². The second kappa shape index (κ2) is 10.2. The largest absolute Gasteiger partial charge is 0.383 e. The van der Waals surface area contributed by atoms with Crippen molar-refractivity contribution in [1.82, 2.24) is 19.7 Å². The summed E-state index contributed by atoms with van der Waals surface area (Å²) in [6, 6.07) is 11.9. The maximum Gasteiger partial charge on any atom is 0.306 e. The Morgan fingerprint density at radius 1 is 1.09 bits per heavy atom. The van der Waals surface area contributed by atoms with Gasteiger partial charge in [-0.05, 0) is 61.2 Å². The van der Waals surface area contributed by atoms with E-state index in [1.165, 1.54) is 17.7 Å². The molecule has 0 aliphatic carbocycles. The van der Waals surface area contributed by atoms with Crippen LogP contribution < -0.4 is 4.18 Å². The van der Waals surface area contributed by atoms with Crippen LogP contribution in [0.4, 0.5) is 4.39 Å². The SMILES string of the molecule is Cn1c(SCCCN2CCc3ccc(OS(C)(=O)=O)cc3CC2)nnc1-c1cccc(F)c1. The summed E-state index contributed by atoms with van der Waals surface area (Å²) in [7, 11) is -1.62. The quantitative estimate of drug-likeness (QED) is 0.272. The molecule has 33 heavy (non-hydrogen) atoms. The first-order valence-electron chi connectivity index (χ1n) is 10.8. The average Bonchev–Trinajstić information content (AvgIpc) is 3.00. The maximum absolute atomic E-state index is 13.5. The number of hydrogen-bond acceptors (Lipinski definition) is 7. The van der Waals surface area contributed by atoms with Gasteiger partial charge in [0.2, 0.25) is 0 Å². The van der Waals surface area contributed by atoms with E-state index in [9.17, 15) is 12.8 Å². The number of halogens is 1. The molecule has 3 aromatic rings. The Bertz CT molecular complexity index is 1230. The molecule has 4 rings (SSSR count). The third-order valence-electron chi connectivity index (χ3n) is 5.59. The van der Waals surface area contributed by atoms with Gasteiger partial charge in [0.05, 0.1) is 6.26 Å². The monoisotopic (exact) mass is 490 g/mol. The molecule has 1 aliphatic heterocycles. The molecule has 0 atom stereocenters. The lowest BCUT2D eigenvalue weighted by atomic mass is 10.0. The van der Waals surface area contributed by atoms with Crippen LogP contribution in [-0.4, -0.2) is 59.7 Å². The number of fused-ring (bicyclic) bond motifs is 1. The molecule has 176 valence electrons. The van der Waals surface area contributed by atoms with Crippen molar-refractivity contribution in [3.05, 3.63) is 59.4 Å². The van der Waals surface area contributed by atoms with Gasteiger partial charge in [-0.15, -0.1) is 10.2 Å². The zero-order chi connectivity index (χ0) is 23.4. The van der Waals surface area contributed by atoms with E-state index in [1.807, 2.05) is 29.8 Å². The first-order valence-corrected chi connectivity index (χ1v) is 13.6. The zero-order valence-electron chi connectivity index (χ0n) is 18.7. The van der Waals surface area contributed by atoms with Gasteiger partial charge in [-0.2, -0.15) is 8.42 Å². The Morgan fingerprint density at radius 3 is 2.64 bits per heavy atom.